The van der Waals surface area contributed by atoms with Crippen LogP contribution in [0.2, 0.25) is 10.0 Å². The van der Waals surface area contributed by atoms with Gasteiger partial charge in [-0.05, 0) is 35.9 Å². The largest absolute Gasteiger partial charge is 0.493 e. The van der Waals surface area contributed by atoms with Gasteiger partial charge in [-0.15, -0.1) is 10.2 Å². The van der Waals surface area contributed by atoms with Crippen LogP contribution in [0, 0.1) is 0 Å². The van der Waals surface area contributed by atoms with Gasteiger partial charge in [-0.1, -0.05) is 60.5 Å². The van der Waals surface area contributed by atoms with Gasteiger partial charge in [-0.3, -0.25) is 10.1 Å². The Morgan fingerprint density at radius 2 is 1.90 bits per heavy atom. The number of anilines is 1. The predicted octanol–water partition coefficient (Wildman–Crippen LogP) is 6.21. The van der Waals surface area contributed by atoms with Gasteiger partial charge in [0.05, 0.1) is 7.11 Å². The zero-order chi connectivity index (χ0) is 22.4. The van der Waals surface area contributed by atoms with Crippen molar-refractivity contribution in [1.29, 1.82) is 0 Å². The van der Waals surface area contributed by atoms with Crippen LogP contribution in [0.4, 0.5) is 5.13 Å². The van der Waals surface area contributed by atoms with E-state index in [2.05, 4.69) is 15.5 Å². The highest BCUT2D eigenvalue weighted by Gasteiger charge is 2.11. The van der Waals surface area contributed by atoms with E-state index >= 15 is 0 Å². The highest BCUT2D eigenvalue weighted by molar-refractivity contribution is 7.15. The van der Waals surface area contributed by atoms with E-state index in [1.807, 2.05) is 19.9 Å². The van der Waals surface area contributed by atoms with Crippen LogP contribution in [0.1, 0.15) is 35.9 Å². The summed E-state index contributed by atoms with van der Waals surface area (Å²) in [5, 5.41) is 13.2. The zero-order valence-corrected chi connectivity index (χ0v) is 19.5. The second-order valence-electron chi connectivity index (χ2n) is 6.82. The first-order chi connectivity index (χ1) is 14.9. The average Bonchev–Trinajstić information content (AvgIpc) is 3.21. The maximum atomic E-state index is 12.2. The molecule has 0 atom stereocenters. The molecule has 0 aliphatic heterocycles. The maximum Gasteiger partial charge on any atom is 0.250 e. The molecule has 9 heteroatoms. The van der Waals surface area contributed by atoms with Gasteiger partial charge in [0.15, 0.2) is 11.5 Å². The number of carbonyl (C=O) groups excluding carboxylic acids is 1. The van der Waals surface area contributed by atoms with E-state index in [4.69, 9.17) is 32.7 Å². The number of nitrogens with zero attached hydrogens (tertiary/aromatic N) is 2. The molecule has 0 radical (unpaired) electrons. The third kappa shape index (κ3) is 6.19. The minimum atomic E-state index is -0.292. The molecule has 1 amide bonds. The molecular formula is C22H21Cl2N3O3S. The van der Waals surface area contributed by atoms with Crippen molar-refractivity contribution >= 4 is 51.7 Å². The van der Waals surface area contributed by atoms with Gasteiger partial charge in [0.1, 0.15) is 11.6 Å². The van der Waals surface area contributed by atoms with Crippen molar-refractivity contribution in [3.63, 3.8) is 0 Å². The Kier molecular flexibility index (Phi) is 7.90. The van der Waals surface area contributed by atoms with Crippen LogP contribution in [-0.2, 0) is 11.4 Å². The lowest BCUT2D eigenvalue weighted by Gasteiger charge is -2.13. The van der Waals surface area contributed by atoms with Crippen LogP contribution < -0.4 is 14.8 Å². The number of benzene rings is 2. The Labute approximate surface area is 194 Å². The van der Waals surface area contributed by atoms with Gasteiger partial charge < -0.3 is 9.47 Å². The number of hydrogen-bond donors (Lipinski definition) is 1. The van der Waals surface area contributed by atoms with Crippen molar-refractivity contribution in [2.24, 2.45) is 0 Å². The molecule has 162 valence electrons. The number of amides is 1. The Morgan fingerprint density at radius 1 is 1.16 bits per heavy atom. The van der Waals surface area contributed by atoms with Crippen molar-refractivity contribution in [1.82, 2.24) is 10.2 Å². The van der Waals surface area contributed by atoms with Gasteiger partial charge in [0.2, 0.25) is 11.0 Å². The van der Waals surface area contributed by atoms with Crippen molar-refractivity contribution in [3.8, 4) is 11.5 Å². The molecule has 2 aromatic carbocycles. The van der Waals surface area contributed by atoms with Crippen LogP contribution in [0.3, 0.4) is 0 Å². The molecule has 1 N–H and O–H groups in total. The molecule has 0 unspecified atom stereocenters. The number of rotatable bonds is 8. The van der Waals surface area contributed by atoms with E-state index in [1.165, 1.54) is 17.4 Å². The fraction of sp³-hybridized carbons (Fsp3) is 0.227. The number of ether oxygens (including phenoxy) is 2. The van der Waals surface area contributed by atoms with Gasteiger partial charge in [-0.25, -0.2) is 0 Å². The number of hydrogen-bond acceptors (Lipinski definition) is 6. The molecule has 1 aromatic heterocycles. The van der Waals surface area contributed by atoms with E-state index in [-0.39, 0.29) is 18.4 Å². The summed E-state index contributed by atoms with van der Waals surface area (Å²) in [6, 6.07) is 10.6. The van der Waals surface area contributed by atoms with E-state index in [0.717, 1.165) is 10.6 Å². The lowest BCUT2D eigenvalue weighted by Crippen LogP contribution is -2.07. The first-order valence-electron chi connectivity index (χ1n) is 9.43. The molecule has 6 nitrogen and oxygen atoms in total. The lowest BCUT2D eigenvalue weighted by atomic mass is 10.2. The summed E-state index contributed by atoms with van der Waals surface area (Å²) in [4.78, 5) is 12.2. The van der Waals surface area contributed by atoms with Crippen molar-refractivity contribution < 1.29 is 14.3 Å². The molecule has 31 heavy (non-hydrogen) atoms. The normalized spacial score (nSPS) is 11.2. The van der Waals surface area contributed by atoms with E-state index in [9.17, 15) is 4.79 Å². The van der Waals surface area contributed by atoms with Crippen LogP contribution in [-0.4, -0.2) is 23.2 Å². The van der Waals surface area contributed by atoms with Crippen LogP contribution in [0.5, 0.6) is 11.5 Å². The molecule has 0 saturated heterocycles. The van der Waals surface area contributed by atoms with Crippen molar-refractivity contribution in [3.05, 3.63) is 68.7 Å². The van der Waals surface area contributed by atoms with Crippen LogP contribution >= 0.6 is 34.5 Å². The second kappa shape index (κ2) is 10.6. The first kappa shape index (κ1) is 23.1. The summed E-state index contributed by atoms with van der Waals surface area (Å²) in [6.07, 6.45) is 3.10. The Balaban J connectivity index is 1.65. The SMILES string of the molecule is COc1cc(/C=C/C(=O)Nc2nnc(C(C)C)s2)ccc1OCc1c(Cl)cccc1Cl. The highest BCUT2D eigenvalue weighted by atomic mass is 35.5. The van der Waals surface area contributed by atoms with Crippen molar-refractivity contribution in [2.45, 2.75) is 26.4 Å². The zero-order valence-electron chi connectivity index (χ0n) is 17.2. The fourth-order valence-electron chi connectivity index (χ4n) is 2.56. The molecule has 0 fully saturated rings. The van der Waals surface area contributed by atoms with Gasteiger partial charge in [0, 0.05) is 27.6 Å². The second-order valence-corrected chi connectivity index (χ2v) is 8.65. The smallest absolute Gasteiger partial charge is 0.250 e. The summed E-state index contributed by atoms with van der Waals surface area (Å²) >= 11 is 13.7. The Bertz CT molecular complexity index is 1080. The number of halogens is 2. The molecule has 1 heterocycles. The lowest BCUT2D eigenvalue weighted by molar-refractivity contribution is -0.111. The summed E-state index contributed by atoms with van der Waals surface area (Å²) < 4.78 is 11.3. The quantitative estimate of drug-likeness (QED) is 0.390. The molecule has 0 spiro atoms. The predicted molar refractivity (Wildman–Crippen MR) is 125 cm³/mol. The molecule has 0 aliphatic rings. The van der Waals surface area contributed by atoms with E-state index in [1.54, 1.807) is 43.5 Å². The molecular weight excluding hydrogens is 457 g/mol. The summed E-state index contributed by atoms with van der Waals surface area (Å²) in [6.45, 7) is 4.25. The average molecular weight is 478 g/mol. The van der Waals surface area contributed by atoms with Gasteiger partial charge in [-0.2, -0.15) is 0 Å². The van der Waals surface area contributed by atoms with E-state index < -0.39 is 0 Å². The number of methoxy groups -OCH3 is 1. The molecule has 3 aromatic rings. The number of aromatic nitrogens is 2. The monoisotopic (exact) mass is 477 g/mol. The maximum absolute atomic E-state index is 12.2. The fourth-order valence-corrected chi connectivity index (χ4v) is 3.82. The van der Waals surface area contributed by atoms with E-state index in [0.29, 0.717) is 32.2 Å². The standard InChI is InChI=1S/C22H21Cl2N3O3S/c1-13(2)21-26-27-22(31-21)25-20(28)10-8-14-7-9-18(19(11-14)29-3)30-12-15-16(23)5-4-6-17(15)24/h4-11,13H,12H2,1-3H3,(H,25,27,28)/b10-8+. The van der Waals surface area contributed by atoms with Crippen molar-refractivity contribution in [2.75, 3.05) is 12.4 Å². The van der Waals surface area contributed by atoms with Crippen LogP contribution in [0.25, 0.3) is 6.08 Å². The minimum Gasteiger partial charge on any atom is -0.493 e. The van der Waals surface area contributed by atoms with Crippen LogP contribution in [0.15, 0.2) is 42.5 Å². The number of carbonyl (C=O) groups is 1. The minimum absolute atomic E-state index is 0.201. The third-order valence-corrected chi connectivity index (χ3v) is 6.06. The molecule has 0 aliphatic carbocycles. The topological polar surface area (TPSA) is 73.3 Å². The molecule has 3 rings (SSSR count). The van der Waals surface area contributed by atoms with Gasteiger partial charge in [0.25, 0.3) is 0 Å². The summed E-state index contributed by atoms with van der Waals surface area (Å²) in [5.74, 6) is 1.03. The molecule has 0 saturated carbocycles. The highest BCUT2D eigenvalue weighted by Crippen LogP contribution is 2.31. The van der Waals surface area contributed by atoms with Gasteiger partial charge >= 0.3 is 0 Å². The first-order valence-corrected chi connectivity index (χ1v) is 11.0. The number of nitrogens with one attached hydrogen (secondary N) is 1. The Morgan fingerprint density at radius 3 is 2.55 bits per heavy atom. The Hall–Kier alpha value is -2.61. The molecule has 0 bridgehead atoms. The summed E-state index contributed by atoms with van der Waals surface area (Å²) in [7, 11) is 1.55. The summed E-state index contributed by atoms with van der Waals surface area (Å²) in [5.41, 5.74) is 1.47. The third-order valence-electron chi connectivity index (χ3n) is 4.21.